The van der Waals surface area contributed by atoms with Gasteiger partial charge in [0, 0.05) is 17.1 Å². The summed E-state index contributed by atoms with van der Waals surface area (Å²) < 4.78 is 44.1. The number of aryl methyl sites for hydroxylation is 1. The van der Waals surface area contributed by atoms with Crippen LogP contribution < -0.4 is 4.74 Å². The summed E-state index contributed by atoms with van der Waals surface area (Å²) in [6.07, 6.45) is -2.48. The molecule has 138 valence electrons. The minimum absolute atomic E-state index is 0.349. The normalized spacial score (nSPS) is 11.9. The van der Waals surface area contributed by atoms with Gasteiger partial charge in [-0.15, -0.1) is 11.3 Å². The van der Waals surface area contributed by atoms with Crippen molar-refractivity contribution in [1.29, 1.82) is 0 Å². The van der Waals surface area contributed by atoms with Crippen LogP contribution in [0.2, 0.25) is 0 Å². The van der Waals surface area contributed by atoms with Gasteiger partial charge >= 0.3 is 6.18 Å². The third kappa shape index (κ3) is 3.55. The lowest BCUT2D eigenvalue weighted by Gasteiger charge is -2.06. The van der Waals surface area contributed by atoms with E-state index in [1.807, 2.05) is 37.4 Å². The Hall–Kier alpha value is -2.80. The second kappa shape index (κ2) is 6.74. The van der Waals surface area contributed by atoms with E-state index in [0.29, 0.717) is 17.2 Å². The van der Waals surface area contributed by atoms with E-state index in [4.69, 9.17) is 4.74 Å². The molecule has 0 amide bonds. The number of H-pyrrole nitrogens is 1. The second-order valence-corrected chi connectivity index (χ2v) is 7.17. The Morgan fingerprint density at radius 2 is 1.85 bits per heavy atom. The van der Waals surface area contributed by atoms with E-state index in [2.05, 4.69) is 9.97 Å². The van der Waals surface area contributed by atoms with Gasteiger partial charge in [0.05, 0.1) is 21.7 Å². The van der Waals surface area contributed by atoms with Gasteiger partial charge in [0.2, 0.25) is 0 Å². The highest BCUT2D eigenvalue weighted by molar-refractivity contribution is 7.15. The van der Waals surface area contributed by atoms with Crippen molar-refractivity contribution in [1.82, 2.24) is 9.97 Å². The number of alkyl halides is 3. The number of rotatable bonds is 4. The Labute approximate surface area is 157 Å². The Kier molecular flexibility index (Phi) is 4.39. The monoisotopic (exact) mass is 388 g/mol. The number of thiazole rings is 1. The lowest BCUT2D eigenvalue weighted by atomic mass is 10.1. The summed E-state index contributed by atoms with van der Waals surface area (Å²) in [6.45, 7) is 2.22. The van der Waals surface area contributed by atoms with Crippen molar-refractivity contribution in [2.45, 2.75) is 19.7 Å². The van der Waals surface area contributed by atoms with Crippen molar-refractivity contribution in [2.75, 3.05) is 0 Å². The van der Waals surface area contributed by atoms with Crippen LogP contribution in [-0.4, -0.2) is 9.97 Å². The molecule has 0 bridgehead atoms. The average Bonchev–Trinajstić information content (AvgIpc) is 3.26. The number of halogens is 3. The molecule has 0 aliphatic heterocycles. The molecule has 2 aromatic carbocycles. The number of aromatic amines is 1. The smallest absolute Gasteiger partial charge is 0.416 e. The SMILES string of the molecule is Cc1nc(-c2ccc(C(F)(F)F)cc2)sc1COc1cccc2cc[nH]c12. The molecule has 0 aliphatic carbocycles. The second-order valence-electron chi connectivity index (χ2n) is 6.09. The van der Waals surface area contributed by atoms with E-state index in [1.54, 1.807) is 0 Å². The molecule has 27 heavy (non-hydrogen) atoms. The highest BCUT2D eigenvalue weighted by atomic mass is 32.1. The average molecular weight is 388 g/mol. The van der Waals surface area contributed by atoms with Crippen LogP contribution in [0.3, 0.4) is 0 Å². The van der Waals surface area contributed by atoms with Gasteiger partial charge in [0.25, 0.3) is 0 Å². The highest BCUT2D eigenvalue weighted by Gasteiger charge is 2.30. The summed E-state index contributed by atoms with van der Waals surface area (Å²) in [5.74, 6) is 0.751. The number of hydrogen-bond donors (Lipinski definition) is 1. The molecule has 0 saturated carbocycles. The molecule has 7 heteroatoms. The van der Waals surface area contributed by atoms with Gasteiger partial charge in [-0.1, -0.05) is 24.3 Å². The van der Waals surface area contributed by atoms with Gasteiger partial charge in [-0.3, -0.25) is 0 Å². The maximum absolute atomic E-state index is 12.7. The molecule has 3 nitrogen and oxygen atoms in total. The minimum atomic E-state index is -4.34. The summed E-state index contributed by atoms with van der Waals surface area (Å²) in [4.78, 5) is 8.58. The molecule has 0 unspecified atom stereocenters. The van der Waals surface area contributed by atoms with Gasteiger partial charge in [-0.05, 0) is 31.2 Å². The van der Waals surface area contributed by atoms with Crippen molar-refractivity contribution in [2.24, 2.45) is 0 Å². The molecule has 2 heterocycles. The molecule has 2 aromatic heterocycles. The summed E-state index contributed by atoms with van der Waals surface area (Å²) in [6, 6.07) is 12.9. The molecular formula is C20H15F3N2OS. The van der Waals surface area contributed by atoms with E-state index in [-0.39, 0.29) is 0 Å². The number of para-hydroxylation sites is 1. The fraction of sp³-hybridized carbons (Fsp3) is 0.150. The van der Waals surface area contributed by atoms with E-state index < -0.39 is 11.7 Å². The molecule has 0 aliphatic rings. The number of fused-ring (bicyclic) bond motifs is 1. The first kappa shape index (κ1) is 17.6. The molecule has 4 rings (SSSR count). The quantitative estimate of drug-likeness (QED) is 0.452. The summed E-state index contributed by atoms with van der Waals surface area (Å²) in [5, 5.41) is 1.75. The van der Waals surface area contributed by atoms with Gasteiger partial charge < -0.3 is 9.72 Å². The highest BCUT2D eigenvalue weighted by Crippen LogP contribution is 2.33. The first-order valence-corrected chi connectivity index (χ1v) is 9.06. The van der Waals surface area contributed by atoms with Crippen LogP contribution in [0, 0.1) is 6.92 Å². The summed E-state index contributed by atoms with van der Waals surface area (Å²) in [7, 11) is 0. The predicted octanol–water partition coefficient (Wildman–Crippen LogP) is 6.20. The van der Waals surface area contributed by atoms with Crippen LogP contribution in [0.1, 0.15) is 16.1 Å². The van der Waals surface area contributed by atoms with E-state index in [1.165, 1.54) is 23.5 Å². The Bertz CT molecular complexity index is 1080. The van der Waals surface area contributed by atoms with Gasteiger partial charge in [-0.25, -0.2) is 4.98 Å². The minimum Gasteiger partial charge on any atom is -0.486 e. The molecule has 4 aromatic rings. The standard InChI is InChI=1S/C20H15F3N2OS/c1-12-17(11-26-16-4-2-3-13-9-10-24-18(13)16)27-19(25-12)14-5-7-15(8-6-14)20(21,22)23/h2-10,24H,11H2,1H3. The van der Waals surface area contributed by atoms with Crippen molar-refractivity contribution >= 4 is 22.2 Å². The van der Waals surface area contributed by atoms with E-state index in [9.17, 15) is 13.2 Å². The Balaban J connectivity index is 1.54. The van der Waals surface area contributed by atoms with Crippen LogP contribution in [0.5, 0.6) is 5.75 Å². The van der Waals surface area contributed by atoms with Crippen molar-refractivity contribution in [3.63, 3.8) is 0 Å². The van der Waals surface area contributed by atoms with Crippen LogP contribution in [-0.2, 0) is 12.8 Å². The number of nitrogens with zero attached hydrogens (tertiary/aromatic N) is 1. The number of hydrogen-bond acceptors (Lipinski definition) is 3. The zero-order chi connectivity index (χ0) is 19.0. The molecule has 0 atom stereocenters. The Morgan fingerprint density at radius 3 is 2.59 bits per heavy atom. The zero-order valence-corrected chi connectivity index (χ0v) is 15.1. The van der Waals surface area contributed by atoms with Gasteiger partial charge in [0.1, 0.15) is 17.4 Å². The van der Waals surface area contributed by atoms with Crippen LogP contribution in [0.25, 0.3) is 21.5 Å². The predicted molar refractivity (Wildman–Crippen MR) is 99.9 cm³/mol. The number of nitrogens with one attached hydrogen (secondary N) is 1. The number of aromatic nitrogens is 2. The fourth-order valence-corrected chi connectivity index (χ4v) is 3.79. The van der Waals surface area contributed by atoms with Crippen molar-refractivity contribution in [3.05, 3.63) is 70.9 Å². The molecule has 1 N–H and O–H groups in total. The van der Waals surface area contributed by atoms with E-state index in [0.717, 1.165) is 39.4 Å². The first-order valence-electron chi connectivity index (χ1n) is 8.24. The number of benzene rings is 2. The molecule has 0 radical (unpaired) electrons. The summed E-state index contributed by atoms with van der Waals surface area (Å²) >= 11 is 1.43. The largest absolute Gasteiger partial charge is 0.486 e. The van der Waals surface area contributed by atoms with Crippen LogP contribution >= 0.6 is 11.3 Å². The third-order valence-electron chi connectivity index (χ3n) is 4.26. The van der Waals surface area contributed by atoms with Gasteiger partial charge in [0.15, 0.2) is 0 Å². The lowest BCUT2D eigenvalue weighted by molar-refractivity contribution is -0.137. The Morgan fingerprint density at radius 1 is 1.07 bits per heavy atom. The van der Waals surface area contributed by atoms with Gasteiger partial charge in [-0.2, -0.15) is 13.2 Å². The molecular weight excluding hydrogens is 373 g/mol. The first-order chi connectivity index (χ1) is 12.9. The van der Waals surface area contributed by atoms with Crippen LogP contribution in [0.4, 0.5) is 13.2 Å². The maximum atomic E-state index is 12.7. The van der Waals surface area contributed by atoms with Crippen LogP contribution in [0.15, 0.2) is 54.7 Å². The van der Waals surface area contributed by atoms with Crippen molar-refractivity contribution in [3.8, 4) is 16.3 Å². The number of ether oxygens (including phenoxy) is 1. The fourth-order valence-electron chi connectivity index (χ4n) is 2.81. The molecule has 0 saturated heterocycles. The lowest BCUT2D eigenvalue weighted by Crippen LogP contribution is -2.03. The van der Waals surface area contributed by atoms with Crippen molar-refractivity contribution < 1.29 is 17.9 Å². The maximum Gasteiger partial charge on any atom is 0.416 e. The molecule has 0 fully saturated rings. The molecule has 0 spiro atoms. The van der Waals surface area contributed by atoms with E-state index >= 15 is 0 Å². The topological polar surface area (TPSA) is 37.9 Å². The summed E-state index contributed by atoms with van der Waals surface area (Å²) in [5.41, 5.74) is 1.74. The third-order valence-corrected chi connectivity index (χ3v) is 5.44. The zero-order valence-electron chi connectivity index (χ0n) is 14.3.